The zero-order chi connectivity index (χ0) is 9.10. The van der Waals surface area contributed by atoms with Crippen LogP contribution < -0.4 is 0 Å². The number of rotatable bonds is 3. The monoisotopic (exact) mass is 198 g/mol. The van der Waals surface area contributed by atoms with E-state index in [1.165, 1.54) is 6.26 Å². The number of halogens is 1. The molecule has 0 aromatic carbocycles. The van der Waals surface area contributed by atoms with Gasteiger partial charge in [-0.1, -0.05) is 5.16 Å². The van der Waals surface area contributed by atoms with Crippen molar-refractivity contribution in [3.05, 3.63) is 30.2 Å². The van der Waals surface area contributed by atoms with Crippen LogP contribution in [0, 0.1) is 0 Å². The molecule has 0 saturated carbocycles. The number of hydrogen-bond donors (Lipinski definition) is 0. The predicted octanol–water partition coefficient (Wildman–Crippen LogP) is 1.05. The van der Waals surface area contributed by atoms with E-state index >= 15 is 0 Å². The topological polar surface area (TPSA) is 56.7 Å². The molecule has 0 radical (unpaired) electrons. The van der Waals surface area contributed by atoms with Gasteiger partial charge in [0.25, 0.3) is 0 Å². The molecule has 0 saturated heterocycles. The van der Waals surface area contributed by atoms with Crippen LogP contribution >= 0.6 is 11.6 Å². The lowest BCUT2D eigenvalue weighted by molar-refractivity contribution is 0.409. The highest BCUT2D eigenvalue weighted by atomic mass is 35.5. The number of nitrogens with zero attached hydrogens (tertiary/aromatic N) is 4. The molecule has 2 heterocycles. The van der Waals surface area contributed by atoms with Crippen LogP contribution in [-0.2, 0) is 12.4 Å². The second kappa shape index (κ2) is 3.57. The molecular formula is C7H7ClN4O. The fourth-order valence-corrected chi connectivity index (χ4v) is 1.22. The normalized spacial score (nSPS) is 10.5. The molecule has 13 heavy (non-hydrogen) atoms. The van der Waals surface area contributed by atoms with Crippen molar-refractivity contribution in [1.82, 2.24) is 19.9 Å². The molecule has 0 amide bonds. The fourth-order valence-electron chi connectivity index (χ4n) is 1.01. The Morgan fingerprint density at radius 3 is 3.15 bits per heavy atom. The second-order valence-corrected chi connectivity index (χ2v) is 2.77. The van der Waals surface area contributed by atoms with Crippen molar-refractivity contribution in [2.24, 2.45) is 0 Å². The van der Waals surface area contributed by atoms with Gasteiger partial charge in [0.1, 0.15) is 24.1 Å². The molecule has 0 aliphatic heterocycles. The van der Waals surface area contributed by atoms with Gasteiger partial charge < -0.3 is 9.09 Å². The first kappa shape index (κ1) is 8.25. The molecule has 0 aliphatic carbocycles. The molecule has 0 atom stereocenters. The van der Waals surface area contributed by atoms with E-state index in [0.717, 1.165) is 11.5 Å². The molecular weight excluding hydrogens is 192 g/mol. The molecule has 0 bridgehead atoms. The summed E-state index contributed by atoms with van der Waals surface area (Å²) in [6.45, 7) is 0.589. The van der Waals surface area contributed by atoms with E-state index in [1.807, 2.05) is 4.57 Å². The van der Waals surface area contributed by atoms with Crippen LogP contribution in [0.25, 0.3) is 0 Å². The largest absolute Gasteiger partial charge is 0.364 e. The molecule has 2 aromatic rings. The molecule has 0 spiro atoms. The van der Waals surface area contributed by atoms with Gasteiger partial charge in [0, 0.05) is 6.07 Å². The van der Waals surface area contributed by atoms with Gasteiger partial charge in [-0.3, -0.25) is 0 Å². The Hall–Kier alpha value is -1.36. The summed E-state index contributed by atoms with van der Waals surface area (Å²) < 4.78 is 6.52. The highest BCUT2D eigenvalue weighted by molar-refractivity contribution is 6.16. The third-order valence-corrected chi connectivity index (χ3v) is 1.88. The minimum absolute atomic E-state index is 0.345. The Labute approximate surface area is 79.3 Å². The van der Waals surface area contributed by atoms with E-state index < -0.39 is 0 Å². The number of aromatic nitrogens is 4. The molecule has 0 N–H and O–H groups in total. The lowest BCUT2D eigenvalue weighted by Gasteiger charge is -1.99. The quantitative estimate of drug-likeness (QED) is 0.692. The first-order chi connectivity index (χ1) is 6.40. The first-order valence-electron chi connectivity index (χ1n) is 3.72. The average molecular weight is 199 g/mol. The molecule has 0 fully saturated rings. The summed E-state index contributed by atoms with van der Waals surface area (Å²) >= 11 is 5.65. The maximum atomic E-state index is 5.65. The molecule has 5 nitrogen and oxygen atoms in total. The van der Waals surface area contributed by atoms with Crippen molar-refractivity contribution in [3.8, 4) is 0 Å². The summed E-state index contributed by atoms with van der Waals surface area (Å²) in [5.41, 5.74) is 0.825. The van der Waals surface area contributed by atoms with E-state index in [9.17, 15) is 0 Å². The van der Waals surface area contributed by atoms with Crippen LogP contribution in [-0.4, -0.2) is 19.9 Å². The Kier molecular flexibility index (Phi) is 2.27. The van der Waals surface area contributed by atoms with E-state index in [4.69, 9.17) is 16.1 Å². The first-order valence-corrected chi connectivity index (χ1v) is 4.25. The van der Waals surface area contributed by atoms with Crippen LogP contribution in [0.5, 0.6) is 0 Å². The van der Waals surface area contributed by atoms with Gasteiger partial charge in [-0.15, -0.1) is 21.8 Å². The SMILES string of the molecule is ClCc1nncn1Cc1ccon1. The highest BCUT2D eigenvalue weighted by Crippen LogP contribution is 2.03. The molecule has 2 aromatic heterocycles. The summed E-state index contributed by atoms with van der Waals surface area (Å²) in [4.78, 5) is 0. The highest BCUT2D eigenvalue weighted by Gasteiger charge is 2.04. The van der Waals surface area contributed by atoms with Crippen LogP contribution in [0.1, 0.15) is 11.5 Å². The van der Waals surface area contributed by atoms with Crippen LogP contribution in [0.3, 0.4) is 0 Å². The zero-order valence-corrected chi connectivity index (χ0v) is 7.48. The van der Waals surface area contributed by atoms with Gasteiger partial charge in [-0.2, -0.15) is 0 Å². The summed E-state index contributed by atoms with van der Waals surface area (Å²) in [6, 6.07) is 1.79. The van der Waals surface area contributed by atoms with Gasteiger partial charge in [-0.05, 0) is 0 Å². The van der Waals surface area contributed by atoms with Crippen LogP contribution in [0.15, 0.2) is 23.2 Å². The molecule has 2 rings (SSSR count). The Bertz CT molecular complexity index is 370. The van der Waals surface area contributed by atoms with Crippen molar-refractivity contribution >= 4 is 11.6 Å². The van der Waals surface area contributed by atoms with E-state index in [1.54, 1.807) is 12.4 Å². The van der Waals surface area contributed by atoms with Crippen molar-refractivity contribution in [2.75, 3.05) is 0 Å². The lowest BCUT2D eigenvalue weighted by atomic mass is 10.4. The summed E-state index contributed by atoms with van der Waals surface area (Å²) in [5, 5.41) is 11.4. The Balaban J connectivity index is 2.18. The van der Waals surface area contributed by atoms with Crippen LogP contribution in [0.4, 0.5) is 0 Å². The number of hydrogen-bond acceptors (Lipinski definition) is 4. The Morgan fingerprint density at radius 2 is 2.46 bits per heavy atom. The van der Waals surface area contributed by atoms with Crippen molar-refractivity contribution in [2.45, 2.75) is 12.4 Å². The van der Waals surface area contributed by atoms with Crippen molar-refractivity contribution in [3.63, 3.8) is 0 Å². The zero-order valence-electron chi connectivity index (χ0n) is 6.72. The summed E-state index contributed by atoms with van der Waals surface area (Å²) in [6.07, 6.45) is 3.15. The molecule has 6 heteroatoms. The van der Waals surface area contributed by atoms with Gasteiger partial charge >= 0.3 is 0 Å². The standard InChI is InChI=1S/C7H7ClN4O/c8-3-7-10-9-5-12(7)4-6-1-2-13-11-6/h1-2,5H,3-4H2. The van der Waals surface area contributed by atoms with E-state index in [-0.39, 0.29) is 0 Å². The maximum Gasteiger partial charge on any atom is 0.148 e. The third kappa shape index (κ3) is 1.70. The van der Waals surface area contributed by atoms with Gasteiger partial charge in [0.05, 0.1) is 12.4 Å². The molecule has 68 valence electrons. The average Bonchev–Trinajstić information content (AvgIpc) is 2.76. The fraction of sp³-hybridized carbons (Fsp3) is 0.286. The minimum Gasteiger partial charge on any atom is -0.364 e. The maximum absolute atomic E-state index is 5.65. The van der Waals surface area contributed by atoms with Crippen LogP contribution in [0.2, 0.25) is 0 Å². The lowest BCUT2D eigenvalue weighted by Crippen LogP contribution is -2.02. The minimum atomic E-state index is 0.345. The Morgan fingerprint density at radius 1 is 1.54 bits per heavy atom. The van der Waals surface area contributed by atoms with Crippen molar-refractivity contribution < 1.29 is 4.52 Å². The van der Waals surface area contributed by atoms with Gasteiger partial charge in [-0.25, -0.2) is 0 Å². The van der Waals surface area contributed by atoms with Gasteiger partial charge in [0.15, 0.2) is 0 Å². The third-order valence-electron chi connectivity index (χ3n) is 1.64. The second-order valence-electron chi connectivity index (χ2n) is 2.50. The summed E-state index contributed by atoms with van der Waals surface area (Å²) in [5.74, 6) is 1.07. The number of alkyl halides is 1. The predicted molar refractivity (Wildman–Crippen MR) is 45.2 cm³/mol. The van der Waals surface area contributed by atoms with E-state index in [2.05, 4.69) is 15.4 Å². The molecule has 0 aliphatic rings. The summed E-state index contributed by atoms with van der Waals surface area (Å²) in [7, 11) is 0. The smallest absolute Gasteiger partial charge is 0.148 e. The molecule has 0 unspecified atom stereocenters. The van der Waals surface area contributed by atoms with E-state index in [0.29, 0.717) is 12.4 Å². The van der Waals surface area contributed by atoms with Gasteiger partial charge in [0.2, 0.25) is 0 Å². The van der Waals surface area contributed by atoms with Crippen molar-refractivity contribution in [1.29, 1.82) is 0 Å².